The van der Waals surface area contributed by atoms with Crippen LogP contribution in [0, 0.1) is 58.2 Å². The summed E-state index contributed by atoms with van der Waals surface area (Å²) in [7, 11) is 0. The number of aliphatic hydroxyl groups excluding tert-OH is 1. The maximum Gasteiger partial charge on any atom is 0.0543 e. The monoisotopic (exact) mass is 416 g/mol. The van der Waals surface area contributed by atoms with E-state index in [0.717, 1.165) is 60.2 Å². The van der Waals surface area contributed by atoms with E-state index in [0.29, 0.717) is 10.8 Å². The van der Waals surface area contributed by atoms with Crippen molar-refractivity contribution >= 4 is 0 Å². The third kappa shape index (κ3) is 3.82. The second kappa shape index (κ2) is 8.72. The number of hydrogen-bond donors (Lipinski definition) is 1. The van der Waals surface area contributed by atoms with E-state index in [-0.39, 0.29) is 6.10 Å². The third-order valence-electron chi connectivity index (χ3n) is 11.9. The van der Waals surface area contributed by atoms with Gasteiger partial charge in [0, 0.05) is 0 Å². The Bertz CT molecular complexity index is 583. The normalized spacial score (nSPS) is 48.0. The molecule has 1 nitrogen and oxygen atoms in total. The Morgan fingerprint density at radius 2 is 1.53 bits per heavy atom. The Kier molecular flexibility index (Phi) is 6.72. The molecule has 0 bridgehead atoms. The Balaban J connectivity index is 1.45. The smallest absolute Gasteiger partial charge is 0.0543 e. The third-order valence-corrected chi connectivity index (χ3v) is 11.9. The molecular formula is C29H52O. The molecule has 1 N–H and O–H groups in total. The van der Waals surface area contributed by atoms with E-state index < -0.39 is 0 Å². The van der Waals surface area contributed by atoms with Gasteiger partial charge in [-0.25, -0.2) is 0 Å². The highest BCUT2D eigenvalue weighted by Gasteiger charge is 2.60. The zero-order chi connectivity index (χ0) is 21.7. The predicted octanol–water partition coefficient (Wildman–Crippen LogP) is 8.10. The van der Waals surface area contributed by atoms with Crippen LogP contribution in [0.3, 0.4) is 0 Å². The lowest BCUT2D eigenvalue weighted by Crippen LogP contribution is -2.54. The second-order valence-corrected chi connectivity index (χ2v) is 13.3. The van der Waals surface area contributed by atoms with E-state index in [4.69, 9.17) is 0 Å². The van der Waals surface area contributed by atoms with Crippen molar-refractivity contribution in [1.82, 2.24) is 0 Å². The molecule has 0 aromatic rings. The fraction of sp³-hybridized carbons (Fsp3) is 1.00. The lowest BCUT2D eigenvalue weighted by molar-refractivity contribution is -0.129. The molecule has 0 saturated heterocycles. The summed E-state index contributed by atoms with van der Waals surface area (Å²) in [5.74, 6) is 7.34. The van der Waals surface area contributed by atoms with Gasteiger partial charge >= 0.3 is 0 Å². The molecule has 0 radical (unpaired) electrons. The summed E-state index contributed by atoms with van der Waals surface area (Å²) >= 11 is 0. The molecule has 10 atom stereocenters. The van der Waals surface area contributed by atoms with Gasteiger partial charge in [0.2, 0.25) is 0 Å². The first kappa shape index (κ1) is 23.1. The van der Waals surface area contributed by atoms with Gasteiger partial charge in [0.1, 0.15) is 0 Å². The molecular weight excluding hydrogens is 364 g/mol. The topological polar surface area (TPSA) is 20.2 Å². The van der Waals surface area contributed by atoms with Crippen molar-refractivity contribution in [2.45, 2.75) is 125 Å². The van der Waals surface area contributed by atoms with Crippen molar-refractivity contribution in [3.05, 3.63) is 0 Å². The number of fused-ring (bicyclic) bond motifs is 5. The first-order valence-corrected chi connectivity index (χ1v) is 13.9. The number of aliphatic hydroxyl groups is 1. The van der Waals surface area contributed by atoms with Crippen LogP contribution in [-0.4, -0.2) is 11.2 Å². The van der Waals surface area contributed by atoms with Crippen molar-refractivity contribution in [2.24, 2.45) is 58.2 Å². The second-order valence-electron chi connectivity index (χ2n) is 13.3. The number of hydrogen-bond acceptors (Lipinski definition) is 1. The summed E-state index contributed by atoms with van der Waals surface area (Å²) < 4.78 is 0. The quantitative estimate of drug-likeness (QED) is 0.463. The molecule has 4 saturated carbocycles. The van der Waals surface area contributed by atoms with Gasteiger partial charge in [0.25, 0.3) is 0 Å². The summed E-state index contributed by atoms with van der Waals surface area (Å²) in [6.07, 6.45) is 16.5. The minimum Gasteiger partial charge on any atom is -0.393 e. The van der Waals surface area contributed by atoms with Gasteiger partial charge < -0.3 is 5.11 Å². The summed E-state index contributed by atoms with van der Waals surface area (Å²) in [6, 6.07) is 0. The zero-order valence-electron chi connectivity index (χ0n) is 21.1. The van der Waals surface area contributed by atoms with E-state index in [1.54, 1.807) is 0 Å². The molecule has 0 aliphatic heterocycles. The van der Waals surface area contributed by atoms with E-state index in [2.05, 4.69) is 41.5 Å². The van der Waals surface area contributed by atoms with Gasteiger partial charge in [-0.2, -0.15) is 0 Å². The van der Waals surface area contributed by atoms with Crippen LogP contribution in [0.1, 0.15) is 119 Å². The Labute approximate surface area is 188 Å². The average molecular weight is 417 g/mol. The molecule has 4 aliphatic rings. The van der Waals surface area contributed by atoms with Gasteiger partial charge in [-0.3, -0.25) is 0 Å². The van der Waals surface area contributed by atoms with Crippen LogP contribution in [0.15, 0.2) is 0 Å². The van der Waals surface area contributed by atoms with Crippen molar-refractivity contribution < 1.29 is 5.11 Å². The maximum atomic E-state index is 10.3. The summed E-state index contributed by atoms with van der Waals surface area (Å²) in [4.78, 5) is 0. The fourth-order valence-corrected chi connectivity index (χ4v) is 9.90. The molecule has 0 spiro atoms. The van der Waals surface area contributed by atoms with Crippen molar-refractivity contribution in [3.8, 4) is 0 Å². The van der Waals surface area contributed by atoms with Gasteiger partial charge in [0.15, 0.2) is 0 Å². The zero-order valence-corrected chi connectivity index (χ0v) is 21.1. The van der Waals surface area contributed by atoms with Gasteiger partial charge in [-0.05, 0) is 122 Å². The molecule has 4 fully saturated rings. The van der Waals surface area contributed by atoms with Crippen LogP contribution < -0.4 is 0 Å². The maximum absolute atomic E-state index is 10.3. The van der Waals surface area contributed by atoms with Crippen LogP contribution in [0.2, 0.25) is 0 Å². The standard InChI is InChI=1S/C29H52O/c1-7-21(19(2)3)9-8-20(4)25-12-13-26-24-11-10-22-18-23(30)14-16-28(22,5)27(24)15-17-29(25,26)6/h19-27,30H,7-18H2,1-6H3/t20-,21-,22+,23+,24?,25-,26?,27?,28+,29-/m1/s1. The largest absolute Gasteiger partial charge is 0.393 e. The Hall–Kier alpha value is -0.0400. The molecule has 4 rings (SSSR count). The highest BCUT2D eigenvalue weighted by molar-refractivity contribution is 5.09. The molecule has 1 heteroatoms. The molecule has 174 valence electrons. The minimum atomic E-state index is -0.0111. The molecule has 4 aliphatic carbocycles. The summed E-state index contributed by atoms with van der Waals surface area (Å²) in [5, 5.41) is 10.3. The highest BCUT2D eigenvalue weighted by Crippen LogP contribution is 2.68. The SMILES string of the molecule is CC[C@H](CC[C@@H](C)[C@H]1CCC2C3CC[C@H]4C[C@@H](O)CC[C@]4(C)C3CC[C@@]21C)C(C)C. The first-order chi connectivity index (χ1) is 14.2. The highest BCUT2D eigenvalue weighted by atomic mass is 16.3. The van der Waals surface area contributed by atoms with Crippen LogP contribution in [0.4, 0.5) is 0 Å². The van der Waals surface area contributed by atoms with E-state index in [1.165, 1.54) is 64.2 Å². The lowest BCUT2D eigenvalue weighted by Gasteiger charge is -2.61. The molecule has 0 aromatic heterocycles. The summed E-state index contributed by atoms with van der Waals surface area (Å²) in [6.45, 7) is 15.2. The summed E-state index contributed by atoms with van der Waals surface area (Å²) in [5.41, 5.74) is 1.14. The van der Waals surface area contributed by atoms with Gasteiger partial charge in [0.05, 0.1) is 6.10 Å². The van der Waals surface area contributed by atoms with Crippen molar-refractivity contribution in [1.29, 1.82) is 0 Å². The fourth-order valence-electron chi connectivity index (χ4n) is 9.90. The Morgan fingerprint density at radius 3 is 2.23 bits per heavy atom. The van der Waals surface area contributed by atoms with Crippen LogP contribution in [0.25, 0.3) is 0 Å². The molecule has 3 unspecified atom stereocenters. The average Bonchev–Trinajstić information content (AvgIpc) is 3.06. The molecule has 0 aromatic carbocycles. The first-order valence-electron chi connectivity index (χ1n) is 13.9. The molecule has 0 amide bonds. The lowest BCUT2D eigenvalue weighted by atomic mass is 9.44. The van der Waals surface area contributed by atoms with Crippen LogP contribution in [0.5, 0.6) is 0 Å². The molecule has 30 heavy (non-hydrogen) atoms. The van der Waals surface area contributed by atoms with Gasteiger partial charge in [-0.1, -0.05) is 54.4 Å². The van der Waals surface area contributed by atoms with Crippen molar-refractivity contribution in [3.63, 3.8) is 0 Å². The Morgan fingerprint density at radius 1 is 0.833 bits per heavy atom. The minimum absolute atomic E-state index is 0.0111. The van der Waals surface area contributed by atoms with Gasteiger partial charge in [-0.15, -0.1) is 0 Å². The molecule has 0 heterocycles. The van der Waals surface area contributed by atoms with E-state index >= 15 is 0 Å². The van der Waals surface area contributed by atoms with Crippen LogP contribution in [-0.2, 0) is 0 Å². The van der Waals surface area contributed by atoms with E-state index in [9.17, 15) is 5.11 Å². The number of rotatable bonds is 6. The van der Waals surface area contributed by atoms with Crippen LogP contribution >= 0.6 is 0 Å². The van der Waals surface area contributed by atoms with Crippen molar-refractivity contribution in [2.75, 3.05) is 0 Å². The van der Waals surface area contributed by atoms with E-state index in [1.807, 2.05) is 0 Å². The predicted molar refractivity (Wildman–Crippen MR) is 128 cm³/mol.